The van der Waals surface area contributed by atoms with Gasteiger partial charge in [0.2, 0.25) is 0 Å². The van der Waals surface area contributed by atoms with Gasteiger partial charge in [0.25, 0.3) is 5.91 Å². The van der Waals surface area contributed by atoms with E-state index in [1.807, 2.05) is 12.3 Å². The molecule has 0 saturated heterocycles. The molecule has 3 nitrogen and oxygen atoms in total. The van der Waals surface area contributed by atoms with Crippen LogP contribution < -0.4 is 11.1 Å². The molecule has 0 radical (unpaired) electrons. The quantitative estimate of drug-likeness (QED) is 0.788. The first-order valence-electron chi connectivity index (χ1n) is 6.89. The zero-order valence-electron chi connectivity index (χ0n) is 12.7. The van der Waals surface area contributed by atoms with Crippen molar-refractivity contribution >= 4 is 23.2 Å². The predicted molar refractivity (Wildman–Crippen MR) is 88.9 cm³/mol. The summed E-state index contributed by atoms with van der Waals surface area (Å²) in [6, 6.07) is 6.66. The Kier molecular flexibility index (Phi) is 7.38. The number of benzene rings is 1. The molecule has 126 valence electrons. The smallest absolute Gasteiger partial charge is 0.352 e. The standard InChI is InChI=1S/C16H19F3N2OS/c1-11(10-23-12(2)9-20)13-3-5-14(6-4-13)15(22)21-8-7-16(17,18)19/h3-6,10H,2,7-9,20H2,1H3,(H,21,22)/b11-10+. The first kappa shape index (κ1) is 19.3. The molecule has 1 aromatic carbocycles. The summed E-state index contributed by atoms with van der Waals surface area (Å²) in [5.74, 6) is -0.520. The molecular weight excluding hydrogens is 325 g/mol. The van der Waals surface area contributed by atoms with Crippen molar-refractivity contribution in [3.05, 3.63) is 52.3 Å². The Morgan fingerprint density at radius 2 is 1.87 bits per heavy atom. The highest BCUT2D eigenvalue weighted by Crippen LogP contribution is 2.22. The van der Waals surface area contributed by atoms with E-state index in [1.54, 1.807) is 24.3 Å². The second-order valence-electron chi connectivity index (χ2n) is 4.86. The number of alkyl halides is 3. The zero-order valence-corrected chi connectivity index (χ0v) is 13.6. The van der Waals surface area contributed by atoms with Crippen molar-refractivity contribution in [2.24, 2.45) is 5.73 Å². The van der Waals surface area contributed by atoms with E-state index < -0.39 is 25.0 Å². The van der Waals surface area contributed by atoms with Gasteiger partial charge in [0.05, 0.1) is 6.42 Å². The van der Waals surface area contributed by atoms with Crippen molar-refractivity contribution in [1.29, 1.82) is 0 Å². The number of thioether (sulfide) groups is 1. The van der Waals surface area contributed by atoms with Crippen molar-refractivity contribution in [1.82, 2.24) is 5.32 Å². The van der Waals surface area contributed by atoms with Gasteiger partial charge >= 0.3 is 6.18 Å². The van der Waals surface area contributed by atoms with E-state index in [0.717, 1.165) is 16.0 Å². The van der Waals surface area contributed by atoms with Crippen LogP contribution >= 0.6 is 11.8 Å². The number of hydrogen-bond donors (Lipinski definition) is 2. The molecule has 0 bridgehead atoms. The van der Waals surface area contributed by atoms with Gasteiger partial charge < -0.3 is 11.1 Å². The normalized spacial score (nSPS) is 12.1. The van der Waals surface area contributed by atoms with Gasteiger partial charge in [-0.1, -0.05) is 18.7 Å². The molecule has 0 aliphatic rings. The Labute approximate surface area is 137 Å². The van der Waals surface area contributed by atoms with Crippen molar-refractivity contribution in [3.63, 3.8) is 0 Å². The largest absolute Gasteiger partial charge is 0.390 e. The lowest BCUT2D eigenvalue weighted by Crippen LogP contribution is -2.27. The van der Waals surface area contributed by atoms with Gasteiger partial charge in [-0.2, -0.15) is 13.2 Å². The first-order chi connectivity index (χ1) is 10.7. The molecule has 0 fully saturated rings. The van der Waals surface area contributed by atoms with Gasteiger partial charge in [-0.3, -0.25) is 4.79 Å². The molecule has 0 atom stereocenters. The molecule has 0 aliphatic heterocycles. The SMILES string of the molecule is C=C(CN)S/C=C(\C)c1ccc(C(=O)NCCC(F)(F)F)cc1. The molecule has 0 saturated carbocycles. The summed E-state index contributed by atoms with van der Waals surface area (Å²) in [6.45, 7) is 5.66. The van der Waals surface area contributed by atoms with Crippen molar-refractivity contribution < 1.29 is 18.0 Å². The maximum atomic E-state index is 12.0. The van der Waals surface area contributed by atoms with E-state index in [0.29, 0.717) is 12.1 Å². The van der Waals surface area contributed by atoms with E-state index in [9.17, 15) is 18.0 Å². The van der Waals surface area contributed by atoms with Gasteiger partial charge in [0, 0.05) is 18.7 Å². The monoisotopic (exact) mass is 344 g/mol. The minimum Gasteiger partial charge on any atom is -0.352 e. The summed E-state index contributed by atoms with van der Waals surface area (Å²) in [6.07, 6.45) is -5.31. The third-order valence-corrected chi connectivity index (χ3v) is 3.90. The Balaban J connectivity index is 2.62. The van der Waals surface area contributed by atoms with Crippen LogP contribution in [0.3, 0.4) is 0 Å². The Bertz CT molecular complexity index is 580. The van der Waals surface area contributed by atoms with E-state index in [4.69, 9.17) is 5.73 Å². The van der Waals surface area contributed by atoms with E-state index in [2.05, 4.69) is 11.9 Å². The van der Waals surface area contributed by atoms with E-state index in [1.165, 1.54) is 11.8 Å². The van der Waals surface area contributed by atoms with Crippen LogP contribution in [-0.2, 0) is 0 Å². The molecule has 0 aliphatic carbocycles. The van der Waals surface area contributed by atoms with E-state index in [-0.39, 0.29) is 0 Å². The number of rotatable bonds is 7. The minimum atomic E-state index is -4.27. The number of carbonyl (C=O) groups is 1. The fourth-order valence-electron chi connectivity index (χ4n) is 1.59. The molecule has 1 aromatic rings. The van der Waals surface area contributed by atoms with Crippen LogP contribution in [0.1, 0.15) is 29.3 Å². The minimum absolute atomic E-state index is 0.322. The predicted octanol–water partition coefficient (Wildman–Crippen LogP) is 3.94. The highest BCUT2D eigenvalue weighted by atomic mass is 32.2. The number of halogens is 3. The zero-order chi connectivity index (χ0) is 17.5. The summed E-state index contributed by atoms with van der Waals surface area (Å²) in [7, 11) is 0. The fraction of sp³-hybridized carbons (Fsp3) is 0.312. The van der Waals surface area contributed by atoms with Gasteiger partial charge in [0.15, 0.2) is 0 Å². The van der Waals surface area contributed by atoms with Crippen LogP contribution in [0.5, 0.6) is 0 Å². The highest BCUT2D eigenvalue weighted by Gasteiger charge is 2.26. The van der Waals surface area contributed by atoms with Gasteiger partial charge in [-0.15, -0.1) is 11.8 Å². The Hall–Kier alpha value is -1.73. The van der Waals surface area contributed by atoms with Crippen LogP contribution in [0.15, 0.2) is 41.2 Å². The second-order valence-corrected chi connectivity index (χ2v) is 5.91. The van der Waals surface area contributed by atoms with E-state index >= 15 is 0 Å². The molecule has 23 heavy (non-hydrogen) atoms. The lowest BCUT2D eigenvalue weighted by Gasteiger charge is -2.08. The summed E-state index contributed by atoms with van der Waals surface area (Å²) in [4.78, 5) is 12.6. The van der Waals surface area contributed by atoms with Crippen LogP contribution in [0.25, 0.3) is 5.57 Å². The molecular formula is C16H19F3N2OS. The number of nitrogens with two attached hydrogens (primary N) is 1. The molecule has 0 spiro atoms. The summed E-state index contributed by atoms with van der Waals surface area (Å²) < 4.78 is 36.1. The topological polar surface area (TPSA) is 55.1 Å². The molecule has 1 amide bonds. The number of amides is 1. The summed E-state index contributed by atoms with van der Waals surface area (Å²) >= 11 is 1.44. The van der Waals surface area contributed by atoms with Crippen LogP contribution in [-0.4, -0.2) is 25.2 Å². The third-order valence-electron chi connectivity index (χ3n) is 2.93. The molecule has 7 heteroatoms. The number of allylic oxidation sites excluding steroid dienone is 1. The first-order valence-corrected chi connectivity index (χ1v) is 7.77. The third kappa shape index (κ3) is 7.38. The number of nitrogens with one attached hydrogen (secondary N) is 1. The van der Waals surface area contributed by atoms with Gasteiger partial charge in [0.1, 0.15) is 0 Å². The number of carbonyl (C=O) groups excluding carboxylic acids is 1. The molecule has 3 N–H and O–H groups in total. The maximum Gasteiger partial charge on any atom is 0.390 e. The second kappa shape index (κ2) is 8.79. The number of hydrogen-bond acceptors (Lipinski definition) is 3. The summed E-state index contributed by atoms with van der Waals surface area (Å²) in [5.41, 5.74) is 7.67. The van der Waals surface area contributed by atoms with Gasteiger partial charge in [-0.05, 0) is 40.5 Å². The average Bonchev–Trinajstić information content (AvgIpc) is 2.51. The van der Waals surface area contributed by atoms with Crippen LogP contribution in [0.2, 0.25) is 0 Å². The highest BCUT2D eigenvalue weighted by molar-refractivity contribution is 8.06. The van der Waals surface area contributed by atoms with Crippen LogP contribution in [0.4, 0.5) is 13.2 Å². The molecule has 0 heterocycles. The molecule has 0 aromatic heterocycles. The molecule has 1 rings (SSSR count). The fourth-order valence-corrected chi connectivity index (χ4v) is 2.17. The lowest BCUT2D eigenvalue weighted by atomic mass is 10.1. The Morgan fingerprint density at radius 1 is 1.30 bits per heavy atom. The van der Waals surface area contributed by atoms with Crippen molar-refractivity contribution in [3.8, 4) is 0 Å². The lowest BCUT2D eigenvalue weighted by molar-refractivity contribution is -0.132. The Morgan fingerprint density at radius 3 is 2.39 bits per heavy atom. The van der Waals surface area contributed by atoms with Gasteiger partial charge in [-0.25, -0.2) is 0 Å². The van der Waals surface area contributed by atoms with Crippen molar-refractivity contribution in [2.75, 3.05) is 13.1 Å². The van der Waals surface area contributed by atoms with Crippen LogP contribution in [0, 0.1) is 0 Å². The summed E-state index contributed by atoms with van der Waals surface area (Å²) in [5, 5.41) is 4.16. The molecule has 0 unspecified atom stereocenters. The maximum absolute atomic E-state index is 12.0. The van der Waals surface area contributed by atoms with Crippen molar-refractivity contribution in [2.45, 2.75) is 19.5 Å². The average molecular weight is 344 g/mol.